The van der Waals surface area contributed by atoms with Crippen LogP contribution in [0.25, 0.3) is 11.0 Å². The van der Waals surface area contributed by atoms with Crippen LogP contribution in [0.1, 0.15) is 18.1 Å². The van der Waals surface area contributed by atoms with Crippen molar-refractivity contribution in [1.82, 2.24) is 9.55 Å². The summed E-state index contributed by atoms with van der Waals surface area (Å²) >= 11 is 1.81. The van der Waals surface area contributed by atoms with Gasteiger partial charge in [-0.2, -0.15) is 0 Å². The minimum atomic E-state index is 0.955. The molecule has 0 aliphatic rings. The lowest BCUT2D eigenvalue weighted by molar-refractivity contribution is 0.702. The van der Waals surface area contributed by atoms with E-state index in [-0.39, 0.29) is 0 Å². The van der Waals surface area contributed by atoms with Crippen molar-refractivity contribution in [2.75, 3.05) is 0 Å². The van der Waals surface area contributed by atoms with Gasteiger partial charge in [-0.15, -0.1) is 0 Å². The minimum absolute atomic E-state index is 0.955. The first kappa shape index (κ1) is 13.3. The fourth-order valence-electron chi connectivity index (χ4n) is 2.42. The third-order valence-corrected chi connectivity index (χ3v) is 4.43. The number of benzene rings is 2. The molecular formula is C17H18N2S. The second kappa shape index (κ2) is 5.71. The van der Waals surface area contributed by atoms with Gasteiger partial charge in [0.05, 0.1) is 11.0 Å². The Morgan fingerprint density at radius 2 is 1.95 bits per heavy atom. The van der Waals surface area contributed by atoms with Gasteiger partial charge < -0.3 is 4.57 Å². The van der Waals surface area contributed by atoms with Crippen LogP contribution in [0.2, 0.25) is 0 Å². The van der Waals surface area contributed by atoms with Crippen LogP contribution in [0, 0.1) is 6.92 Å². The van der Waals surface area contributed by atoms with E-state index >= 15 is 0 Å². The Balaban J connectivity index is 1.87. The molecule has 0 saturated heterocycles. The lowest BCUT2D eigenvalue weighted by atomic mass is 10.2. The fourth-order valence-corrected chi connectivity index (χ4v) is 3.44. The molecule has 0 fully saturated rings. The normalized spacial score (nSPS) is 11.1. The molecule has 3 heteroatoms. The summed E-state index contributed by atoms with van der Waals surface area (Å²) in [5, 5.41) is 1.11. The summed E-state index contributed by atoms with van der Waals surface area (Å²) in [7, 11) is 0. The molecule has 1 aromatic heterocycles. The van der Waals surface area contributed by atoms with Crippen LogP contribution in [0.3, 0.4) is 0 Å². The third-order valence-electron chi connectivity index (χ3n) is 3.39. The Morgan fingerprint density at radius 1 is 1.10 bits per heavy atom. The molecule has 0 N–H and O–H groups in total. The Kier molecular flexibility index (Phi) is 3.79. The summed E-state index contributed by atoms with van der Waals surface area (Å²) in [6.07, 6.45) is 0. The molecule has 0 bridgehead atoms. The zero-order chi connectivity index (χ0) is 13.9. The van der Waals surface area contributed by atoms with Gasteiger partial charge in [-0.3, -0.25) is 0 Å². The van der Waals surface area contributed by atoms with Crippen LogP contribution in [-0.4, -0.2) is 9.55 Å². The lowest BCUT2D eigenvalue weighted by Crippen LogP contribution is -1.96. The number of aryl methyl sites for hydroxylation is 2. The van der Waals surface area contributed by atoms with Gasteiger partial charge >= 0.3 is 0 Å². The molecule has 0 spiro atoms. The molecule has 0 radical (unpaired) electrons. The molecule has 2 nitrogen and oxygen atoms in total. The van der Waals surface area contributed by atoms with Crippen LogP contribution in [0.15, 0.2) is 53.7 Å². The number of rotatable bonds is 4. The molecule has 3 aromatic rings. The minimum Gasteiger partial charge on any atom is -0.319 e. The van der Waals surface area contributed by atoms with E-state index in [2.05, 4.69) is 60.9 Å². The SMILES string of the molecule is CCn1c(SCc2cccc(C)c2)nc2ccccc21. The van der Waals surface area contributed by atoms with E-state index in [0.29, 0.717) is 0 Å². The number of hydrogen-bond acceptors (Lipinski definition) is 2. The second-order valence-corrected chi connectivity index (χ2v) is 5.85. The summed E-state index contributed by atoms with van der Waals surface area (Å²) in [5.41, 5.74) is 4.97. The third kappa shape index (κ3) is 2.59. The molecule has 0 saturated carbocycles. The molecule has 1 heterocycles. The average molecular weight is 282 g/mol. The van der Waals surface area contributed by atoms with Crippen LogP contribution in [-0.2, 0) is 12.3 Å². The Morgan fingerprint density at radius 3 is 2.75 bits per heavy atom. The van der Waals surface area contributed by atoms with Crippen LogP contribution in [0.5, 0.6) is 0 Å². The lowest BCUT2D eigenvalue weighted by Gasteiger charge is -2.06. The van der Waals surface area contributed by atoms with Crippen molar-refractivity contribution < 1.29 is 0 Å². The number of hydrogen-bond donors (Lipinski definition) is 0. The van der Waals surface area contributed by atoms with Crippen molar-refractivity contribution in [1.29, 1.82) is 0 Å². The van der Waals surface area contributed by atoms with Crippen molar-refractivity contribution in [2.24, 2.45) is 0 Å². The van der Waals surface area contributed by atoms with Gasteiger partial charge in [-0.05, 0) is 31.5 Å². The maximum atomic E-state index is 4.75. The molecule has 0 aliphatic heterocycles. The molecule has 2 aromatic carbocycles. The molecular weight excluding hydrogens is 264 g/mol. The first-order valence-electron chi connectivity index (χ1n) is 6.91. The predicted molar refractivity (Wildman–Crippen MR) is 86.1 cm³/mol. The van der Waals surface area contributed by atoms with Gasteiger partial charge in [-0.25, -0.2) is 4.98 Å². The predicted octanol–water partition coefficient (Wildman–Crippen LogP) is 4.66. The largest absolute Gasteiger partial charge is 0.319 e. The number of thioether (sulfide) groups is 1. The Bertz CT molecular complexity index is 731. The maximum absolute atomic E-state index is 4.75. The van der Waals surface area contributed by atoms with E-state index in [0.717, 1.165) is 23.0 Å². The van der Waals surface area contributed by atoms with Gasteiger partial charge in [0.1, 0.15) is 0 Å². The number of aromatic nitrogens is 2. The van der Waals surface area contributed by atoms with Crippen molar-refractivity contribution in [3.05, 3.63) is 59.7 Å². The summed E-state index contributed by atoms with van der Waals surface area (Å²) in [4.78, 5) is 4.75. The summed E-state index contributed by atoms with van der Waals surface area (Å²) < 4.78 is 2.29. The standard InChI is InChI=1S/C17H18N2S/c1-3-19-16-10-5-4-9-15(16)18-17(19)20-12-14-8-6-7-13(2)11-14/h4-11H,3,12H2,1-2H3. The fraction of sp³-hybridized carbons (Fsp3) is 0.235. The number of para-hydroxylation sites is 2. The number of imidazole rings is 1. The smallest absolute Gasteiger partial charge is 0.169 e. The highest BCUT2D eigenvalue weighted by atomic mass is 32.2. The molecule has 0 unspecified atom stereocenters. The zero-order valence-electron chi connectivity index (χ0n) is 11.8. The summed E-state index contributed by atoms with van der Waals surface area (Å²) in [5.74, 6) is 0.963. The molecule has 102 valence electrons. The van der Waals surface area contributed by atoms with Crippen LogP contribution in [0.4, 0.5) is 0 Å². The van der Waals surface area contributed by atoms with Crippen LogP contribution >= 0.6 is 11.8 Å². The Labute approximate surface area is 123 Å². The number of nitrogens with zero attached hydrogens (tertiary/aromatic N) is 2. The topological polar surface area (TPSA) is 17.8 Å². The van der Waals surface area contributed by atoms with Gasteiger partial charge in [0.25, 0.3) is 0 Å². The summed E-state index contributed by atoms with van der Waals surface area (Å²) in [6, 6.07) is 17.0. The van der Waals surface area contributed by atoms with E-state index in [1.807, 2.05) is 17.8 Å². The van der Waals surface area contributed by atoms with E-state index in [4.69, 9.17) is 4.98 Å². The van der Waals surface area contributed by atoms with E-state index in [1.54, 1.807) is 0 Å². The molecule has 3 rings (SSSR count). The number of fused-ring (bicyclic) bond motifs is 1. The van der Waals surface area contributed by atoms with Crippen molar-refractivity contribution in [3.63, 3.8) is 0 Å². The molecule has 20 heavy (non-hydrogen) atoms. The molecule has 0 amide bonds. The highest BCUT2D eigenvalue weighted by molar-refractivity contribution is 7.98. The van der Waals surface area contributed by atoms with Gasteiger partial charge in [-0.1, -0.05) is 53.7 Å². The first-order chi connectivity index (χ1) is 9.78. The first-order valence-corrected chi connectivity index (χ1v) is 7.90. The van der Waals surface area contributed by atoms with Crippen molar-refractivity contribution in [2.45, 2.75) is 31.3 Å². The van der Waals surface area contributed by atoms with E-state index in [1.165, 1.54) is 16.6 Å². The zero-order valence-corrected chi connectivity index (χ0v) is 12.7. The average Bonchev–Trinajstić information content (AvgIpc) is 2.82. The summed E-state index contributed by atoms with van der Waals surface area (Å²) in [6.45, 7) is 5.26. The van der Waals surface area contributed by atoms with E-state index < -0.39 is 0 Å². The van der Waals surface area contributed by atoms with Crippen molar-refractivity contribution in [3.8, 4) is 0 Å². The van der Waals surface area contributed by atoms with Crippen molar-refractivity contribution >= 4 is 22.8 Å². The molecule has 0 aliphatic carbocycles. The maximum Gasteiger partial charge on any atom is 0.169 e. The van der Waals surface area contributed by atoms with Gasteiger partial charge in [0.2, 0.25) is 0 Å². The highest BCUT2D eigenvalue weighted by Gasteiger charge is 2.09. The van der Waals surface area contributed by atoms with Crippen LogP contribution < -0.4 is 0 Å². The molecule has 0 atom stereocenters. The quantitative estimate of drug-likeness (QED) is 0.648. The van der Waals surface area contributed by atoms with E-state index in [9.17, 15) is 0 Å². The van der Waals surface area contributed by atoms with Gasteiger partial charge in [0.15, 0.2) is 5.16 Å². The monoisotopic (exact) mass is 282 g/mol. The van der Waals surface area contributed by atoms with Gasteiger partial charge in [0, 0.05) is 12.3 Å². The Hall–Kier alpha value is -1.74. The second-order valence-electron chi connectivity index (χ2n) is 4.91. The highest BCUT2D eigenvalue weighted by Crippen LogP contribution is 2.26.